The summed E-state index contributed by atoms with van der Waals surface area (Å²) in [4.78, 5) is 10.4. The topological polar surface area (TPSA) is 52.3 Å². The number of hydrogen-bond donors (Lipinski definition) is 1. The summed E-state index contributed by atoms with van der Waals surface area (Å²) in [7, 11) is 0. The molecule has 0 aliphatic rings. The van der Waals surface area contributed by atoms with E-state index in [0.29, 0.717) is 5.02 Å². The Hall–Kier alpha value is -1.22. The van der Waals surface area contributed by atoms with Gasteiger partial charge in [-0.1, -0.05) is 23.7 Å². The van der Waals surface area contributed by atoms with Gasteiger partial charge in [-0.05, 0) is 24.6 Å². The molecule has 3 nitrogen and oxygen atoms in total. The second-order valence-corrected chi connectivity index (χ2v) is 3.07. The molecule has 4 heteroatoms. The van der Waals surface area contributed by atoms with Gasteiger partial charge in [-0.15, -0.1) is 0 Å². The van der Waals surface area contributed by atoms with E-state index in [0.717, 1.165) is 5.56 Å². The third kappa shape index (κ3) is 2.95. The molecule has 1 atom stereocenters. The van der Waals surface area contributed by atoms with Gasteiger partial charge >= 0.3 is 6.09 Å². The summed E-state index contributed by atoms with van der Waals surface area (Å²) < 4.78 is 4.77. The first kappa shape index (κ1) is 9.86. The molecule has 1 amide bonds. The monoisotopic (exact) mass is 199 g/mol. The summed E-state index contributed by atoms with van der Waals surface area (Å²) in [5.74, 6) is 0. The molecule has 0 aliphatic heterocycles. The van der Waals surface area contributed by atoms with E-state index in [4.69, 9.17) is 22.1 Å². The summed E-state index contributed by atoms with van der Waals surface area (Å²) in [5.41, 5.74) is 5.70. The summed E-state index contributed by atoms with van der Waals surface area (Å²) in [6, 6.07) is 7.09. The molecule has 0 radical (unpaired) electrons. The van der Waals surface area contributed by atoms with Crippen LogP contribution in [0, 0.1) is 0 Å². The fourth-order valence-corrected chi connectivity index (χ4v) is 1.20. The Labute approximate surface area is 81.4 Å². The number of amides is 1. The number of hydrogen-bond acceptors (Lipinski definition) is 2. The largest absolute Gasteiger partial charge is 0.442 e. The quantitative estimate of drug-likeness (QED) is 0.796. The van der Waals surface area contributed by atoms with Crippen LogP contribution in [0.1, 0.15) is 18.6 Å². The molecule has 13 heavy (non-hydrogen) atoms. The fraction of sp³-hybridized carbons (Fsp3) is 0.222. The van der Waals surface area contributed by atoms with Crippen LogP contribution < -0.4 is 5.73 Å². The zero-order chi connectivity index (χ0) is 9.84. The number of rotatable bonds is 2. The molecule has 0 heterocycles. The molecule has 0 aromatic heterocycles. The zero-order valence-corrected chi connectivity index (χ0v) is 7.91. The average molecular weight is 200 g/mol. The Kier molecular flexibility index (Phi) is 3.14. The maximum atomic E-state index is 10.4. The highest BCUT2D eigenvalue weighted by atomic mass is 35.5. The Morgan fingerprint density at radius 2 is 2.31 bits per heavy atom. The Balaban J connectivity index is 2.76. The Morgan fingerprint density at radius 1 is 1.62 bits per heavy atom. The first-order chi connectivity index (χ1) is 6.09. The number of carbonyl (C=O) groups is 1. The fourth-order valence-electron chi connectivity index (χ4n) is 1.00. The standard InChI is InChI=1S/C9H10ClNO2/c1-6(13-9(11)12)7-3-2-4-8(10)5-7/h2-6H,1H3,(H2,11,12)/t6-/m1/s1. The zero-order valence-electron chi connectivity index (χ0n) is 7.16. The van der Waals surface area contributed by atoms with Gasteiger partial charge in [0.25, 0.3) is 0 Å². The van der Waals surface area contributed by atoms with E-state index in [-0.39, 0.29) is 6.10 Å². The van der Waals surface area contributed by atoms with Gasteiger partial charge in [0, 0.05) is 5.02 Å². The lowest BCUT2D eigenvalue weighted by molar-refractivity contribution is 0.116. The number of halogens is 1. The van der Waals surface area contributed by atoms with E-state index in [1.54, 1.807) is 25.1 Å². The van der Waals surface area contributed by atoms with Crippen molar-refractivity contribution in [1.29, 1.82) is 0 Å². The molecular weight excluding hydrogens is 190 g/mol. The molecule has 70 valence electrons. The predicted octanol–water partition coefficient (Wildman–Crippen LogP) is 2.50. The summed E-state index contributed by atoms with van der Waals surface area (Å²) in [6.45, 7) is 1.73. The highest BCUT2D eigenvalue weighted by molar-refractivity contribution is 6.30. The summed E-state index contributed by atoms with van der Waals surface area (Å²) in [5, 5.41) is 0.609. The van der Waals surface area contributed by atoms with Gasteiger partial charge in [0.2, 0.25) is 0 Å². The van der Waals surface area contributed by atoms with Crippen LogP contribution in [0.25, 0.3) is 0 Å². The summed E-state index contributed by atoms with van der Waals surface area (Å²) >= 11 is 5.75. The SMILES string of the molecule is C[C@@H](OC(N)=O)c1cccc(Cl)c1. The molecule has 1 rings (SSSR count). The van der Waals surface area contributed by atoms with Crippen LogP contribution in [0.4, 0.5) is 4.79 Å². The number of benzene rings is 1. The van der Waals surface area contributed by atoms with Gasteiger partial charge in [0.15, 0.2) is 0 Å². The molecule has 0 saturated carbocycles. The van der Waals surface area contributed by atoms with Gasteiger partial charge in [-0.25, -0.2) is 4.79 Å². The first-order valence-electron chi connectivity index (χ1n) is 3.81. The Bertz CT molecular complexity index is 314. The summed E-state index contributed by atoms with van der Waals surface area (Å²) in [6.07, 6.45) is -1.15. The van der Waals surface area contributed by atoms with E-state index < -0.39 is 6.09 Å². The second-order valence-electron chi connectivity index (χ2n) is 2.63. The molecule has 0 unspecified atom stereocenters. The van der Waals surface area contributed by atoms with Crippen LogP contribution in [0.2, 0.25) is 5.02 Å². The number of ether oxygens (including phenoxy) is 1. The van der Waals surface area contributed by atoms with Crippen LogP contribution in [-0.4, -0.2) is 6.09 Å². The smallest absolute Gasteiger partial charge is 0.405 e. The highest BCUT2D eigenvalue weighted by Crippen LogP contribution is 2.19. The molecule has 2 N–H and O–H groups in total. The van der Waals surface area contributed by atoms with Crippen molar-refractivity contribution in [3.8, 4) is 0 Å². The maximum Gasteiger partial charge on any atom is 0.405 e. The van der Waals surface area contributed by atoms with Gasteiger partial charge in [-0.2, -0.15) is 0 Å². The molecule has 0 bridgehead atoms. The predicted molar refractivity (Wildman–Crippen MR) is 50.5 cm³/mol. The lowest BCUT2D eigenvalue weighted by atomic mass is 10.1. The number of carbonyl (C=O) groups excluding carboxylic acids is 1. The van der Waals surface area contributed by atoms with Crippen LogP contribution in [0.3, 0.4) is 0 Å². The van der Waals surface area contributed by atoms with Crippen molar-refractivity contribution in [1.82, 2.24) is 0 Å². The van der Waals surface area contributed by atoms with Crippen LogP contribution in [0.15, 0.2) is 24.3 Å². The maximum absolute atomic E-state index is 10.4. The van der Waals surface area contributed by atoms with Crippen LogP contribution in [0.5, 0.6) is 0 Å². The Morgan fingerprint density at radius 3 is 2.85 bits per heavy atom. The third-order valence-corrected chi connectivity index (χ3v) is 1.85. The van der Waals surface area contributed by atoms with Gasteiger partial charge in [0.1, 0.15) is 6.10 Å². The van der Waals surface area contributed by atoms with Crippen molar-refractivity contribution >= 4 is 17.7 Å². The second kappa shape index (κ2) is 4.14. The van der Waals surface area contributed by atoms with Crippen LogP contribution >= 0.6 is 11.6 Å². The molecule has 1 aromatic rings. The van der Waals surface area contributed by atoms with E-state index in [1.165, 1.54) is 0 Å². The normalized spacial score (nSPS) is 12.2. The minimum Gasteiger partial charge on any atom is -0.442 e. The minimum absolute atomic E-state index is 0.365. The lowest BCUT2D eigenvalue weighted by Gasteiger charge is -2.11. The van der Waals surface area contributed by atoms with E-state index in [1.807, 2.05) is 6.07 Å². The van der Waals surface area contributed by atoms with Crippen molar-refractivity contribution in [2.45, 2.75) is 13.0 Å². The van der Waals surface area contributed by atoms with E-state index in [9.17, 15) is 4.79 Å². The lowest BCUT2D eigenvalue weighted by Crippen LogP contribution is -2.15. The van der Waals surface area contributed by atoms with Gasteiger partial charge < -0.3 is 10.5 Å². The average Bonchev–Trinajstić information content (AvgIpc) is 2.03. The molecule has 0 fully saturated rings. The van der Waals surface area contributed by atoms with Crippen molar-refractivity contribution < 1.29 is 9.53 Å². The van der Waals surface area contributed by atoms with E-state index >= 15 is 0 Å². The molecular formula is C9H10ClNO2. The molecule has 1 aromatic carbocycles. The first-order valence-corrected chi connectivity index (χ1v) is 4.19. The molecule has 0 aliphatic carbocycles. The molecule has 0 spiro atoms. The molecule has 0 saturated heterocycles. The highest BCUT2D eigenvalue weighted by Gasteiger charge is 2.08. The minimum atomic E-state index is -0.785. The number of nitrogens with two attached hydrogens (primary N) is 1. The van der Waals surface area contributed by atoms with Crippen molar-refractivity contribution in [3.63, 3.8) is 0 Å². The van der Waals surface area contributed by atoms with Crippen molar-refractivity contribution in [3.05, 3.63) is 34.9 Å². The van der Waals surface area contributed by atoms with Gasteiger partial charge in [-0.3, -0.25) is 0 Å². The van der Waals surface area contributed by atoms with E-state index in [2.05, 4.69) is 0 Å². The van der Waals surface area contributed by atoms with Gasteiger partial charge in [0.05, 0.1) is 0 Å². The van der Waals surface area contributed by atoms with Crippen molar-refractivity contribution in [2.75, 3.05) is 0 Å². The van der Waals surface area contributed by atoms with Crippen LogP contribution in [-0.2, 0) is 4.74 Å². The number of primary amides is 1. The van der Waals surface area contributed by atoms with Crippen molar-refractivity contribution in [2.24, 2.45) is 5.73 Å². The third-order valence-electron chi connectivity index (χ3n) is 1.61.